The average molecular weight is 314 g/mol. The lowest BCUT2D eigenvalue weighted by Gasteiger charge is -2.11. The van der Waals surface area contributed by atoms with Crippen LogP contribution >= 0.6 is 0 Å². The first-order valence-electron chi connectivity index (χ1n) is 8.22. The number of para-hydroxylation sites is 2. The smallest absolute Gasteiger partial charge is 0.213 e. The van der Waals surface area contributed by atoms with Crippen molar-refractivity contribution in [2.45, 2.75) is 13.5 Å². The van der Waals surface area contributed by atoms with Gasteiger partial charge in [0, 0.05) is 17.7 Å². The average Bonchev–Trinajstić information content (AvgIpc) is 2.63. The maximum atomic E-state index is 6.09. The molecule has 0 aliphatic carbocycles. The molecule has 0 atom stereocenters. The first kappa shape index (κ1) is 14.7. The van der Waals surface area contributed by atoms with Crippen LogP contribution in [0.4, 0.5) is 0 Å². The van der Waals surface area contributed by atoms with Crippen molar-refractivity contribution in [3.63, 3.8) is 0 Å². The Morgan fingerprint density at radius 3 is 1.88 bits per heavy atom. The van der Waals surface area contributed by atoms with Gasteiger partial charge < -0.3 is 4.74 Å². The topological polar surface area (TPSA) is 13.1 Å². The normalized spacial score (nSPS) is 11.1. The predicted molar refractivity (Wildman–Crippen MR) is 98.1 cm³/mol. The van der Waals surface area contributed by atoms with Crippen molar-refractivity contribution < 1.29 is 9.30 Å². The summed E-state index contributed by atoms with van der Waals surface area (Å²) in [7, 11) is 2.12. The molecule has 0 bridgehead atoms. The lowest BCUT2D eigenvalue weighted by molar-refractivity contribution is -0.617. The molecular formula is C22H20NO+. The summed E-state index contributed by atoms with van der Waals surface area (Å²) in [5.41, 5.74) is 4.92. The Balaban J connectivity index is 1.85. The maximum Gasteiger partial charge on any atom is 0.213 e. The van der Waals surface area contributed by atoms with E-state index >= 15 is 0 Å². The quantitative estimate of drug-likeness (QED) is 0.394. The maximum absolute atomic E-state index is 6.09. The minimum Gasteiger partial charge on any atom is -0.489 e. The van der Waals surface area contributed by atoms with Crippen molar-refractivity contribution in [2.75, 3.05) is 0 Å². The summed E-state index contributed by atoms with van der Waals surface area (Å²) in [6.07, 6.45) is 0. The van der Waals surface area contributed by atoms with Crippen molar-refractivity contribution in [1.82, 2.24) is 0 Å². The highest BCUT2D eigenvalue weighted by molar-refractivity contribution is 5.93. The number of nitrogens with zero attached hydrogens (tertiary/aromatic N) is 1. The third-order valence-electron chi connectivity index (χ3n) is 4.59. The van der Waals surface area contributed by atoms with Gasteiger partial charge in [-0.05, 0) is 31.2 Å². The van der Waals surface area contributed by atoms with E-state index < -0.39 is 0 Å². The molecule has 0 fully saturated rings. The molecule has 4 rings (SSSR count). The van der Waals surface area contributed by atoms with Gasteiger partial charge in [0.15, 0.2) is 0 Å². The molecule has 2 heteroatoms. The van der Waals surface area contributed by atoms with Crippen molar-refractivity contribution in [1.29, 1.82) is 0 Å². The molecule has 3 aromatic carbocycles. The van der Waals surface area contributed by atoms with Crippen LogP contribution in [-0.2, 0) is 13.7 Å². The minimum absolute atomic E-state index is 0.560. The third-order valence-corrected chi connectivity index (χ3v) is 4.59. The summed E-state index contributed by atoms with van der Waals surface area (Å²) in [4.78, 5) is 0. The predicted octanol–water partition coefficient (Wildman–Crippen LogP) is 4.70. The van der Waals surface area contributed by atoms with E-state index in [1.54, 1.807) is 0 Å². The molecule has 0 saturated heterocycles. The third kappa shape index (κ3) is 2.50. The van der Waals surface area contributed by atoms with Gasteiger partial charge in [0.2, 0.25) is 11.0 Å². The molecular weight excluding hydrogens is 294 g/mol. The Hall–Kier alpha value is -2.87. The Morgan fingerprint density at radius 2 is 1.29 bits per heavy atom. The number of pyridine rings is 1. The Labute approximate surface area is 141 Å². The van der Waals surface area contributed by atoms with Crippen molar-refractivity contribution in [2.24, 2.45) is 7.05 Å². The fourth-order valence-corrected chi connectivity index (χ4v) is 3.26. The van der Waals surface area contributed by atoms with Crippen LogP contribution < -0.4 is 9.30 Å². The SMILES string of the molecule is Cc1ccc(OCc2c3ccccc3[n+](C)c3ccccc23)cc1. The second-order valence-electron chi connectivity index (χ2n) is 6.17. The molecule has 0 radical (unpaired) electrons. The molecule has 0 N–H and O–H groups in total. The molecule has 1 heterocycles. The van der Waals surface area contributed by atoms with Crippen molar-refractivity contribution in [3.05, 3.63) is 83.9 Å². The summed E-state index contributed by atoms with van der Waals surface area (Å²) in [5, 5.41) is 2.48. The molecule has 118 valence electrons. The van der Waals surface area contributed by atoms with Gasteiger partial charge in [0.05, 0.1) is 10.8 Å². The number of rotatable bonds is 3. The Kier molecular flexibility index (Phi) is 3.66. The lowest BCUT2D eigenvalue weighted by atomic mass is 10.0. The summed E-state index contributed by atoms with van der Waals surface area (Å²) in [6.45, 7) is 2.65. The van der Waals surface area contributed by atoms with Crippen LogP contribution in [0.1, 0.15) is 11.1 Å². The van der Waals surface area contributed by atoms with Crippen molar-refractivity contribution >= 4 is 21.8 Å². The molecule has 24 heavy (non-hydrogen) atoms. The number of hydrogen-bond acceptors (Lipinski definition) is 1. The second kappa shape index (κ2) is 5.97. The summed E-state index contributed by atoms with van der Waals surface area (Å²) in [6, 6.07) is 25.3. The fraction of sp³-hybridized carbons (Fsp3) is 0.136. The van der Waals surface area contributed by atoms with E-state index in [0.29, 0.717) is 6.61 Å². The number of hydrogen-bond donors (Lipinski definition) is 0. The second-order valence-corrected chi connectivity index (χ2v) is 6.17. The Morgan fingerprint density at radius 1 is 0.750 bits per heavy atom. The van der Waals surface area contributed by atoms with Crippen LogP contribution in [0.5, 0.6) is 5.75 Å². The van der Waals surface area contributed by atoms with Crippen LogP contribution in [0.3, 0.4) is 0 Å². The molecule has 0 aliphatic rings. The van der Waals surface area contributed by atoms with E-state index in [1.165, 1.54) is 32.9 Å². The molecule has 0 unspecified atom stereocenters. The van der Waals surface area contributed by atoms with Gasteiger partial charge in [-0.1, -0.05) is 42.0 Å². The molecule has 0 saturated carbocycles. The zero-order chi connectivity index (χ0) is 16.5. The van der Waals surface area contributed by atoms with Gasteiger partial charge in [-0.2, -0.15) is 4.57 Å². The highest BCUT2D eigenvalue weighted by atomic mass is 16.5. The summed E-state index contributed by atoms with van der Waals surface area (Å²) in [5.74, 6) is 0.905. The number of benzene rings is 3. The van der Waals surface area contributed by atoms with E-state index in [0.717, 1.165) is 5.75 Å². The number of aromatic nitrogens is 1. The first-order valence-corrected chi connectivity index (χ1v) is 8.22. The molecule has 1 aromatic heterocycles. The van der Waals surface area contributed by atoms with Gasteiger partial charge in [0.1, 0.15) is 19.4 Å². The number of ether oxygens (including phenoxy) is 1. The van der Waals surface area contributed by atoms with Gasteiger partial charge in [-0.15, -0.1) is 0 Å². The van der Waals surface area contributed by atoms with E-state index in [2.05, 4.69) is 79.2 Å². The standard InChI is InChI=1S/C22H20NO/c1-16-11-13-17(14-12-16)24-15-20-18-7-3-5-9-21(18)23(2)22-10-6-4-8-19(20)22/h3-14H,15H2,1-2H3/q+1. The first-order chi connectivity index (χ1) is 11.7. The van der Waals surface area contributed by atoms with Gasteiger partial charge >= 0.3 is 0 Å². The Bertz CT molecular complexity index is 962. The molecule has 0 amide bonds. The minimum atomic E-state index is 0.560. The van der Waals surface area contributed by atoms with E-state index in [4.69, 9.17) is 4.74 Å². The summed E-state index contributed by atoms with van der Waals surface area (Å²) < 4.78 is 8.34. The molecule has 0 spiro atoms. The summed E-state index contributed by atoms with van der Waals surface area (Å²) >= 11 is 0. The highest BCUT2D eigenvalue weighted by Gasteiger charge is 2.17. The molecule has 0 aliphatic heterocycles. The van der Waals surface area contributed by atoms with Gasteiger partial charge in [0.25, 0.3) is 0 Å². The monoisotopic (exact) mass is 314 g/mol. The van der Waals surface area contributed by atoms with E-state index in [-0.39, 0.29) is 0 Å². The van der Waals surface area contributed by atoms with Gasteiger partial charge in [-0.25, -0.2) is 0 Å². The lowest BCUT2D eigenvalue weighted by Crippen LogP contribution is -2.30. The zero-order valence-electron chi connectivity index (χ0n) is 14.0. The number of fused-ring (bicyclic) bond motifs is 2. The van der Waals surface area contributed by atoms with Crippen LogP contribution in [0.2, 0.25) is 0 Å². The zero-order valence-corrected chi connectivity index (χ0v) is 14.0. The van der Waals surface area contributed by atoms with E-state index in [9.17, 15) is 0 Å². The largest absolute Gasteiger partial charge is 0.489 e. The van der Waals surface area contributed by atoms with Gasteiger partial charge in [-0.3, -0.25) is 0 Å². The van der Waals surface area contributed by atoms with E-state index in [1.807, 2.05) is 12.1 Å². The molecule has 2 nitrogen and oxygen atoms in total. The van der Waals surface area contributed by atoms with Crippen LogP contribution in [0.25, 0.3) is 21.8 Å². The fourth-order valence-electron chi connectivity index (χ4n) is 3.26. The highest BCUT2D eigenvalue weighted by Crippen LogP contribution is 2.26. The van der Waals surface area contributed by atoms with Crippen LogP contribution in [0, 0.1) is 6.92 Å². The number of aryl methyl sites for hydroxylation is 2. The van der Waals surface area contributed by atoms with Crippen LogP contribution in [0.15, 0.2) is 72.8 Å². The molecule has 4 aromatic rings. The van der Waals surface area contributed by atoms with Crippen molar-refractivity contribution in [3.8, 4) is 5.75 Å². The van der Waals surface area contributed by atoms with Crippen LogP contribution in [-0.4, -0.2) is 0 Å².